The van der Waals surface area contributed by atoms with Gasteiger partial charge in [-0.25, -0.2) is 0 Å². The zero-order valence-corrected chi connectivity index (χ0v) is 8.59. The molecule has 0 aromatic heterocycles. The van der Waals surface area contributed by atoms with Gasteiger partial charge in [-0.1, -0.05) is 6.42 Å². The first kappa shape index (κ1) is 10.9. The van der Waals surface area contributed by atoms with Gasteiger partial charge in [0.05, 0.1) is 5.41 Å². The van der Waals surface area contributed by atoms with Gasteiger partial charge in [0.25, 0.3) is 0 Å². The highest BCUT2D eigenvalue weighted by atomic mass is 32.1. The second kappa shape index (κ2) is 4.33. The predicted molar refractivity (Wildman–Crippen MR) is 55.0 cm³/mol. The molecule has 0 aliphatic heterocycles. The Kier molecular flexibility index (Phi) is 3.62. The zero-order chi connectivity index (χ0) is 9.90. The Balaban J connectivity index is 2.68. The molecular formula is C9H17NO2S. The van der Waals surface area contributed by atoms with Gasteiger partial charge in [-0.2, -0.15) is 12.6 Å². The lowest BCUT2D eigenvalue weighted by molar-refractivity contribution is -0.148. The standard InChI is InChI=1S/C9H17NO2S/c10-6-2-5-9(8(11)12)4-1-3-7(9)13/h7,13H,1-6,10H2,(H,11,12). The Morgan fingerprint density at radius 1 is 1.69 bits per heavy atom. The summed E-state index contributed by atoms with van der Waals surface area (Å²) >= 11 is 4.36. The topological polar surface area (TPSA) is 63.3 Å². The molecule has 4 heteroatoms. The van der Waals surface area contributed by atoms with E-state index in [9.17, 15) is 9.90 Å². The molecule has 0 bridgehead atoms. The fourth-order valence-corrected chi connectivity index (χ4v) is 2.67. The summed E-state index contributed by atoms with van der Waals surface area (Å²) in [6.45, 7) is 0.565. The van der Waals surface area contributed by atoms with E-state index in [2.05, 4.69) is 12.6 Å². The first-order valence-corrected chi connectivity index (χ1v) is 5.26. The van der Waals surface area contributed by atoms with Crippen LogP contribution in [0.1, 0.15) is 32.1 Å². The third-order valence-corrected chi connectivity index (χ3v) is 3.74. The van der Waals surface area contributed by atoms with E-state index < -0.39 is 11.4 Å². The van der Waals surface area contributed by atoms with Crippen molar-refractivity contribution in [3.8, 4) is 0 Å². The van der Waals surface area contributed by atoms with Gasteiger partial charge in [0, 0.05) is 5.25 Å². The van der Waals surface area contributed by atoms with Crippen LogP contribution < -0.4 is 5.73 Å². The molecule has 2 unspecified atom stereocenters. The molecule has 1 saturated carbocycles. The van der Waals surface area contributed by atoms with Crippen LogP contribution in [0.5, 0.6) is 0 Å². The van der Waals surface area contributed by atoms with Gasteiger partial charge in [0.1, 0.15) is 0 Å². The van der Waals surface area contributed by atoms with E-state index in [0.29, 0.717) is 13.0 Å². The summed E-state index contributed by atoms with van der Waals surface area (Å²) in [6, 6.07) is 0. The lowest BCUT2D eigenvalue weighted by atomic mass is 9.81. The Bertz CT molecular complexity index is 198. The van der Waals surface area contributed by atoms with Crippen LogP contribution in [0.2, 0.25) is 0 Å². The molecule has 1 aliphatic rings. The van der Waals surface area contributed by atoms with E-state index in [0.717, 1.165) is 25.7 Å². The summed E-state index contributed by atoms with van der Waals surface area (Å²) in [5, 5.41) is 9.18. The quantitative estimate of drug-likeness (QED) is 0.603. The van der Waals surface area contributed by atoms with E-state index >= 15 is 0 Å². The minimum absolute atomic E-state index is 0.0107. The highest BCUT2D eigenvalue weighted by molar-refractivity contribution is 7.81. The lowest BCUT2D eigenvalue weighted by Gasteiger charge is -2.28. The normalized spacial score (nSPS) is 33.5. The van der Waals surface area contributed by atoms with Crippen LogP contribution in [0.15, 0.2) is 0 Å². The highest BCUT2D eigenvalue weighted by Gasteiger charge is 2.46. The number of carbonyl (C=O) groups is 1. The van der Waals surface area contributed by atoms with Gasteiger partial charge in [-0.05, 0) is 32.2 Å². The van der Waals surface area contributed by atoms with Crippen molar-refractivity contribution in [2.75, 3.05) is 6.54 Å². The highest BCUT2D eigenvalue weighted by Crippen LogP contribution is 2.45. The van der Waals surface area contributed by atoms with Crippen molar-refractivity contribution in [3.05, 3.63) is 0 Å². The molecule has 0 heterocycles. The van der Waals surface area contributed by atoms with E-state index in [-0.39, 0.29) is 5.25 Å². The monoisotopic (exact) mass is 203 g/mol. The van der Waals surface area contributed by atoms with Crippen molar-refractivity contribution in [2.24, 2.45) is 11.1 Å². The number of thiol groups is 1. The molecule has 13 heavy (non-hydrogen) atoms. The van der Waals surface area contributed by atoms with Gasteiger partial charge in [-0.3, -0.25) is 4.79 Å². The maximum Gasteiger partial charge on any atom is 0.310 e. The number of nitrogens with two attached hydrogens (primary N) is 1. The minimum Gasteiger partial charge on any atom is -0.481 e. The second-order valence-corrected chi connectivity index (χ2v) is 4.38. The van der Waals surface area contributed by atoms with Crippen molar-refractivity contribution in [1.29, 1.82) is 0 Å². The van der Waals surface area contributed by atoms with Crippen molar-refractivity contribution in [1.82, 2.24) is 0 Å². The fraction of sp³-hybridized carbons (Fsp3) is 0.889. The van der Waals surface area contributed by atoms with Crippen molar-refractivity contribution in [3.63, 3.8) is 0 Å². The summed E-state index contributed by atoms with van der Waals surface area (Å²) < 4.78 is 0. The van der Waals surface area contributed by atoms with Crippen LogP contribution in [0.4, 0.5) is 0 Å². The van der Waals surface area contributed by atoms with Crippen molar-refractivity contribution < 1.29 is 9.90 Å². The molecule has 1 aliphatic carbocycles. The van der Waals surface area contributed by atoms with Gasteiger partial charge in [0.15, 0.2) is 0 Å². The Labute approximate surface area is 84.1 Å². The molecule has 0 radical (unpaired) electrons. The molecule has 0 amide bonds. The van der Waals surface area contributed by atoms with E-state index in [1.165, 1.54) is 0 Å². The summed E-state index contributed by atoms with van der Waals surface area (Å²) in [5.74, 6) is -0.696. The van der Waals surface area contributed by atoms with Gasteiger partial charge >= 0.3 is 5.97 Å². The SMILES string of the molecule is NCCCC1(C(=O)O)CCCC1S. The van der Waals surface area contributed by atoms with Crippen LogP contribution in [0.25, 0.3) is 0 Å². The maximum atomic E-state index is 11.2. The molecule has 0 aromatic rings. The summed E-state index contributed by atoms with van der Waals surface area (Å²) in [5.41, 5.74) is 4.80. The molecule has 0 spiro atoms. The van der Waals surface area contributed by atoms with Crippen molar-refractivity contribution in [2.45, 2.75) is 37.4 Å². The molecule has 1 fully saturated rings. The third kappa shape index (κ3) is 1.99. The molecule has 3 nitrogen and oxygen atoms in total. The largest absolute Gasteiger partial charge is 0.481 e. The van der Waals surface area contributed by atoms with Gasteiger partial charge < -0.3 is 10.8 Å². The lowest BCUT2D eigenvalue weighted by Crippen LogP contribution is -2.36. The molecular weight excluding hydrogens is 186 g/mol. The molecule has 1 rings (SSSR count). The second-order valence-electron chi connectivity index (χ2n) is 3.76. The maximum absolute atomic E-state index is 11.2. The smallest absolute Gasteiger partial charge is 0.310 e. The Hall–Kier alpha value is -0.220. The zero-order valence-electron chi connectivity index (χ0n) is 7.70. The number of hydrogen-bond donors (Lipinski definition) is 3. The van der Waals surface area contributed by atoms with E-state index in [4.69, 9.17) is 5.73 Å². The average Bonchev–Trinajstić information content (AvgIpc) is 2.45. The van der Waals surface area contributed by atoms with Gasteiger partial charge in [0.2, 0.25) is 0 Å². The number of hydrogen-bond acceptors (Lipinski definition) is 3. The summed E-state index contributed by atoms with van der Waals surface area (Å²) in [6.07, 6.45) is 4.11. The van der Waals surface area contributed by atoms with Crippen LogP contribution in [-0.2, 0) is 4.79 Å². The first-order valence-electron chi connectivity index (χ1n) is 4.75. The summed E-state index contributed by atoms with van der Waals surface area (Å²) in [4.78, 5) is 11.2. The number of rotatable bonds is 4. The van der Waals surface area contributed by atoms with Crippen LogP contribution in [0, 0.1) is 5.41 Å². The Morgan fingerprint density at radius 2 is 2.38 bits per heavy atom. The Morgan fingerprint density at radius 3 is 2.77 bits per heavy atom. The van der Waals surface area contributed by atoms with Crippen molar-refractivity contribution >= 4 is 18.6 Å². The predicted octanol–water partition coefficient (Wildman–Crippen LogP) is 1.28. The summed E-state index contributed by atoms with van der Waals surface area (Å²) in [7, 11) is 0. The van der Waals surface area contributed by atoms with E-state index in [1.807, 2.05) is 0 Å². The molecule has 0 saturated heterocycles. The average molecular weight is 203 g/mol. The molecule has 2 atom stereocenters. The first-order chi connectivity index (χ1) is 6.13. The number of carboxylic acid groups (broad SMARTS) is 1. The minimum atomic E-state index is -0.696. The third-order valence-electron chi connectivity index (χ3n) is 2.99. The van der Waals surface area contributed by atoms with Crippen LogP contribution in [0.3, 0.4) is 0 Å². The van der Waals surface area contributed by atoms with Crippen LogP contribution >= 0.6 is 12.6 Å². The number of carboxylic acids is 1. The van der Waals surface area contributed by atoms with Gasteiger partial charge in [-0.15, -0.1) is 0 Å². The molecule has 3 N–H and O–H groups in total. The molecule has 76 valence electrons. The van der Waals surface area contributed by atoms with E-state index in [1.54, 1.807) is 0 Å². The fourth-order valence-electron chi connectivity index (χ4n) is 2.12. The van der Waals surface area contributed by atoms with Crippen LogP contribution in [-0.4, -0.2) is 22.9 Å². The number of aliphatic carboxylic acids is 1. The molecule has 0 aromatic carbocycles.